The van der Waals surface area contributed by atoms with Gasteiger partial charge in [0, 0.05) is 14.1 Å². The first-order valence-electron chi connectivity index (χ1n) is 5.39. The van der Waals surface area contributed by atoms with Gasteiger partial charge in [-0.25, -0.2) is 9.37 Å². The van der Waals surface area contributed by atoms with Crippen molar-refractivity contribution in [2.24, 2.45) is 5.10 Å². The van der Waals surface area contributed by atoms with Crippen LogP contribution in [0, 0.1) is 12.7 Å². The maximum Gasteiger partial charge on any atom is 0.282 e. The van der Waals surface area contributed by atoms with Crippen LogP contribution in [0.15, 0.2) is 28.1 Å². The van der Waals surface area contributed by atoms with Crippen molar-refractivity contribution in [2.75, 3.05) is 14.1 Å². The van der Waals surface area contributed by atoms with Gasteiger partial charge in [-0.3, -0.25) is 4.79 Å². The highest BCUT2D eigenvalue weighted by Crippen LogP contribution is 2.10. The molecule has 18 heavy (non-hydrogen) atoms. The molecule has 0 saturated carbocycles. The summed E-state index contributed by atoms with van der Waals surface area (Å²) < 4.78 is 14.3. The van der Waals surface area contributed by atoms with Crippen LogP contribution in [0.3, 0.4) is 0 Å². The van der Waals surface area contributed by atoms with E-state index in [1.165, 1.54) is 24.5 Å². The van der Waals surface area contributed by atoms with Crippen molar-refractivity contribution in [1.29, 1.82) is 0 Å². The number of fused-ring (bicyclic) bond motifs is 1. The molecule has 0 saturated heterocycles. The molecule has 6 heteroatoms. The van der Waals surface area contributed by atoms with Crippen LogP contribution in [0.1, 0.15) is 5.82 Å². The van der Waals surface area contributed by atoms with E-state index in [4.69, 9.17) is 0 Å². The molecule has 1 aromatic carbocycles. The molecule has 0 atom stereocenters. The lowest BCUT2D eigenvalue weighted by atomic mass is 10.2. The number of aromatic nitrogens is 2. The van der Waals surface area contributed by atoms with Gasteiger partial charge in [0.1, 0.15) is 18.0 Å². The largest absolute Gasteiger partial charge is 0.367 e. The molecule has 0 bridgehead atoms. The van der Waals surface area contributed by atoms with Crippen LogP contribution in [-0.2, 0) is 0 Å². The summed E-state index contributed by atoms with van der Waals surface area (Å²) in [7, 11) is 3.58. The number of rotatable bonds is 2. The van der Waals surface area contributed by atoms with Crippen LogP contribution < -0.4 is 5.56 Å². The standard InChI is InChI=1S/C12H13FN4O/c1-8-15-11-5-4-9(13)6-10(11)12(18)17(8)14-7-16(2)3/h4-7H,1-3H3/b14-7+. The van der Waals surface area contributed by atoms with Gasteiger partial charge in [-0.15, -0.1) is 0 Å². The lowest BCUT2D eigenvalue weighted by Crippen LogP contribution is -2.22. The molecular weight excluding hydrogens is 235 g/mol. The van der Waals surface area contributed by atoms with Crippen LogP contribution >= 0.6 is 0 Å². The maximum absolute atomic E-state index is 13.1. The normalized spacial score (nSPS) is 11.3. The third kappa shape index (κ3) is 2.22. The Balaban J connectivity index is 2.71. The zero-order valence-electron chi connectivity index (χ0n) is 10.4. The minimum Gasteiger partial charge on any atom is -0.367 e. The van der Waals surface area contributed by atoms with E-state index in [1.807, 2.05) is 0 Å². The third-order valence-corrected chi connectivity index (χ3v) is 2.37. The summed E-state index contributed by atoms with van der Waals surface area (Å²) in [5, 5.41) is 4.22. The molecule has 0 fully saturated rings. The maximum atomic E-state index is 13.1. The molecule has 5 nitrogen and oxygen atoms in total. The van der Waals surface area contributed by atoms with Gasteiger partial charge in [0.05, 0.1) is 10.9 Å². The second-order valence-electron chi connectivity index (χ2n) is 4.13. The molecule has 1 aromatic heterocycles. The van der Waals surface area contributed by atoms with Gasteiger partial charge in [0.2, 0.25) is 0 Å². The molecule has 0 radical (unpaired) electrons. The number of benzene rings is 1. The summed E-state index contributed by atoms with van der Waals surface area (Å²) >= 11 is 0. The molecule has 0 aliphatic heterocycles. The Bertz CT molecular complexity index is 676. The summed E-state index contributed by atoms with van der Waals surface area (Å²) in [5.41, 5.74) is 0.0882. The SMILES string of the molecule is Cc1nc2ccc(F)cc2c(=O)n1/N=C/N(C)C. The van der Waals surface area contributed by atoms with Crippen molar-refractivity contribution in [1.82, 2.24) is 14.6 Å². The van der Waals surface area contributed by atoms with E-state index < -0.39 is 5.82 Å². The predicted molar refractivity (Wildman–Crippen MR) is 68.3 cm³/mol. The summed E-state index contributed by atoms with van der Waals surface area (Å²) in [4.78, 5) is 18.1. The van der Waals surface area contributed by atoms with Gasteiger partial charge in [0.15, 0.2) is 0 Å². The molecule has 0 aliphatic carbocycles. The summed E-state index contributed by atoms with van der Waals surface area (Å²) in [6.45, 7) is 1.68. The number of nitrogens with zero attached hydrogens (tertiary/aromatic N) is 4. The monoisotopic (exact) mass is 248 g/mol. The molecule has 0 aliphatic rings. The number of aryl methyl sites for hydroxylation is 1. The first kappa shape index (κ1) is 12.2. The molecule has 0 spiro atoms. The molecule has 0 N–H and O–H groups in total. The van der Waals surface area contributed by atoms with E-state index >= 15 is 0 Å². The van der Waals surface area contributed by atoms with Crippen molar-refractivity contribution in [3.8, 4) is 0 Å². The van der Waals surface area contributed by atoms with Crippen LogP contribution in [-0.4, -0.2) is 35.0 Å². The first-order valence-corrected chi connectivity index (χ1v) is 5.39. The first-order chi connectivity index (χ1) is 8.49. The highest BCUT2D eigenvalue weighted by Gasteiger charge is 2.07. The second kappa shape index (κ2) is 4.56. The Labute approximate surface area is 103 Å². The Morgan fingerprint density at radius 1 is 1.44 bits per heavy atom. The highest BCUT2D eigenvalue weighted by atomic mass is 19.1. The van der Waals surface area contributed by atoms with Crippen molar-refractivity contribution in [2.45, 2.75) is 6.92 Å². The van der Waals surface area contributed by atoms with Crippen molar-refractivity contribution in [3.05, 3.63) is 40.2 Å². The van der Waals surface area contributed by atoms with E-state index in [-0.39, 0.29) is 10.9 Å². The average molecular weight is 248 g/mol. The average Bonchev–Trinajstić information content (AvgIpc) is 2.30. The molecule has 1 heterocycles. The summed E-state index contributed by atoms with van der Waals surface area (Å²) in [6, 6.07) is 3.94. The Morgan fingerprint density at radius 3 is 2.83 bits per heavy atom. The number of halogens is 1. The lowest BCUT2D eigenvalue weighted by Gasteiger charge is -2.07. The number of hydrogen-bond acceptors (Lipinski definition) is 3. The van der Waals surface area contributed by atoms with Gasteiger partial charge >= 0.3 is 0 Å². The Morgan fingerprint density at radius 2 is 2.17 bits per heavy atom. The number of hydrogen-bond donors (Lipinski definition) is 0. The second-order valence-corrected chi connectivity index (χ2v) is 4.13. The zero-order valence-corrected chi connectivity index (χ0v) is 10.4. The van der Waals surface area contributed by atoms with E-state index in [2.05, 4.69) is 10.1 Å². The van der Waals surface area contributed by atoms with Crippen LogP contribution in [0.4, 0.5) is 4.39 Å². The molecule has 0 unspecified atom stereocenters. The smallest absolute Gasteiger partial charge is 0.282 e. The highest BCUT2D eigenvalue weighted by molar-refractivity contribution is 5.77. The summed E-state index contributed by atoms with van der Waals surface area (Å²) in [6.07, 6.45) is 1.49. The minimum atomic E-state index is -0.464. The van der Waals surface area contributed by atoms with Crippen LogP contribution in [0.25, 0.3) is 10.9 Å². The van der Waals surface area contributed by atoms with Crippen molar-refractivity contribution >= 4 is 17.2 Å². The molecule has 94 valence electrons. The van der Waals surface area contributed by atoms with E-state index in [0.29, 0.717) is 11.3 Å². The molecule has 2 aromatic rings. The Hall–Kier alpha value is -2.24. The van der Waals surface area contributed by atoms with Gasteiger partial charge in [0.25, 0.3) is 5.56 Å². The fourth-order valence-corrected chi connectivity index (χ4v) is 1.55. The van der Waals surface area contributed by atoms with Gasteiger partial charge in [-0.2, -0.15) is 9.78 Å². The predicted octanol–water partition coefficient (Wildman–Crippen LogP) is 1.20. The Kier molecular flexibility index (Phi) is 3.10. The zero-order chi connectivity index (χ0) is 13.3. The molecular formula is C12H13FN4O. The quantitative estimate of drug-likeness (QED) is 0.592. The minimum absolute atomic E-state index is 0.219. The topological polar surface area (TPSA) is 50.5 Å². The van der Waals surface area contributed by atoms with Crippen molar-refractivity contribution in [3.63, 3.8) is 0 Å². The van der Waals surface area contributed by atoms with Crippen molar-refractivity contribution < 1.29 is 4.39 Å². The molecule has 2 rings (SSSR count). The summed E-state index contributed by atoms with van der Waals surface area (Å²) in [5.74, 6) is -0.00870. The van der Waals surface area contributed by atoms with Gasteiger partial charge < -0.3 is 4.90 Å². The fraction of sp³-hybridized carbons (Fsp3) is 0.250. The van der Waals surface area contributed by atoms with Crippen LogP contribution in [0.5, 0.6) is 0 Å². The third-order valence-electron chi connectivity index (χ3n) is 2.37. The van der Waals surface area contributed by atoms with Gasteiger partial charge in [-0.1, -0.05) is 0 Å². The van der Waals surface area contributed by atoms with Gasteiger partial charge in [-0.05, 0) is 25.1 Å². The fourth-order valence-electron chi connectivity index (χ4n) is 1.55. The molecule has 0 amide bonds. The lowest BCUT2D eigenvalue weighted by molar-refractivity contribution is 0.623. The van der Waals surface area contributed by atoms with E-state index in [0.717, 1.165) is 4.68 Å². The van der Waals surface area contributed by atoms with Crippen LogP contribution in [0.2, 0.25) is 0 Å². The van der Waals surface area contributed by atoms with E-state index in [9.17, 15) is 9.18 Å². The van der Waals surface area contributed by atoms with E-state index in [1.54, 1.807) is 25.9 Å².